The summed E-state index contributed by atoms with van der Waals surface area (Å²) >= 11 is 4.01. The lowest BCUT2D eigenvalue weighted by molar-refractivity contribution is -0.141. The van der Waals surface area contributed by atoms with Gasteiger partial charge in [0.1, 0.15) is 34.9 Å². The van der Waals surface area contributed by atoms with E-state index in [1.165, 1.54) is 252 Å². The van der Waals surface area contributed by atoms with Gasteiger partial charge in [-0.25, -0.2) is 4.98 Å². The second-order valence-electron chi connectivity index (χ2n) is 39.9. The minimum absolute atomic E-state index is 0.0683. The van der Waals surface area contributed by atoms with Crippen LogP contribution in [0.5, 0.6) is 17.2 Å². The Kier molecular flexibility index (Phi) is 45.4. The lowest BCUT2D eigenvalue weighted by Gasteiger charge is -2.17. The van der Waals surface area contributed by atoms with Crippen LogP contribution in [0.15, 0.2) is 220 Å². The Labute approximate surface area is 882 Å². The number of halogens is 3. The number of unbranched alkanes of at least 4 members (excludes halogenated alkanes) is 22. The second kappa shape index (κ2) is 59.4. The highest BCUT2D eigenvalue weighted by atomic mass is 32.1. The average molecular weight is 2020 g/mol. The van der Waals surface area contributed by atoms with Crippen LogP contribution in [0.4, 0.5) is 13.2 Å². The minimum atomic E-state index is -4.51. The molecule has 778 valence electrons. The summed E-state index contributed by atoms with van der Waals surface area (Å²) in [6.07, 6.45) is 57.1. The second-order valence-corrected chi connectivity index (χ2v) is 42.1. The highest BCUT2D eigenvalue weighted by Gasteiger charge is 2.34. The number of pyridine rings is 5. The zero-order valence-electron chi connectivity index (χ0n) is 89.8. The summed E-state index contributed by atoms with van der Waals surface area (Å²) < 4.78 is 57.9. The average Bonchev–Trinajstić information content (AvgIpc) is 1.77. The van der Waals surface area contributed by atoms with Crippen LogP contribution in [0.25, 0.3) is 93.5 Å². The van der Waals surface area contributed by atoms with Crippen molar-refractivity contribution in [2.75, 3.05) is 52.5 Å². The SMILES string of the molecule is CC1=NCC(c2cc(-c3ccccc3OC3CCCN3)cc(-c3cc(C(F)(F)F)[nH]n3)n2)=C1.CCCCCCCCOc1cccc(C)c1-c1ccc(C2=CC(C)=NC2)nc1.CCCCCCCCOc1cccc(C)c1-c1ccc(C2=CC(C)=NC2)nc1.CCCCCCc1cc(CCCCCC)c(-c2ccc(C3=CC(C)=NC3)nc2)s1.CCCCCCc1cc(CCCCCC)c(-c2ccnc(C3=CC(C)=NC3)c2)s1. The van der Waals surface area contributed by atoms with Crippen LogP contribution in [-0.4, -0.2) is 122 Å². The fraction of sp³-hybridized carbons (Fsp3) is 0.452. The highest BCUT2D eigenvalue weighted by molar-refractivity contribution is 7.16. The molecule has 0 radical (unpaired) electrons. The first-order valence-electron chi connectivity index (χ1n) is 54.9. The Morgan fingerprint density at radius 2 is 0.748 bits per heavy atom. The number of benzene rings is 3. The summed E-state index contributed by atoms with van der Waals surface area (Å²) in [6, 6.07) is 47.2. The van der Waals surface area contributed by atoms with Gasteiger partial charge in [-0.3, -0.25) is 55.3 Å². The van der Waals surface area contributed by atoms with Crippen LogP contribution in [0, 0.1) is 13.8 Å². The largest absolute Gasteiger partial charge is 0.493 e. The summed E-state index contributed by atoms with van der Waals surface area (Å²) in [7, 11) is 0. The molecular weight excluding hydrogens is 1860 g/mol. The van der Waals surface area contributed by atoms with Crippen LogP contribution in [0.1, 0.15) is 335 Å². The number of aromatic amines is 1. The molecule has 1 atom stereocenters. The Balaban J connectivity index is 0.000000154. The Hall–Kier alpha value is -11.8. The Morgan fingerprint density at radius 3 is 1.16 bits per heavy atom. The number of rotatable bonds is 49. The quantitative estimate of drug-likeness (QED) is 0.0346. The number of alkyl halides is 3. The van der Waals surface area contributed by atoms with E-state index in [9.17, 15) is 13.2 Å². The topological polar surface area (TPSA) is 195 Å². The lowest BCUT2D eigenvalue weighted by atomic mass is 10.00. The molecule has 14 heterocycles. The van der Waals surface area contributed by atoms with E-state index >= 15 is 0 Å². The predicted octanol–water partition coefficient (Wildman–Crippen LogP) is 34.2. The maximum Gasteiger partial charge on any atom is 0.432 e. The molecule has 1 saturated heterocycles. The van der Waals surface area contributed by atoms with Crippen LogP contribution >= 0.6 is 22.7 Å². The van der Waals surface area contributed by atoms with Crippen molar-refractivity contribution in [3.8, 4) is 82.9 Å². The number of aromatic nitrogens is 7. The molecule has 6 aliphatic rings. The summed E-state index contributed by atoms with van der Waals surface area (Å²) in [5, 5.41) is 9.27. The van der Waals surface area contributed by atoms with Crippen molar-refractivity contribution >= 4 is 79.1 Å². The van der Waals surface area contributed by atoms with Gasteiger partial charge in [-0.2, -0.15) is 18.3 Å². The summed E-state index contributed by atoms with van der Waals surface area (Å²) in [4.78, 5) is 51.7. The maximum atomic E-state index is 13.1. The van der Waals surface area contributed by atoms with Crippen molar-refractivity contribution in [1.82, 2.24) is 40.4 Å². The molecule has 6 aliphatic heterocycles. The van der Waals surface area contributed by atoms with E-state index in [-0.39, 0.29) is 11.9 Å². The molecule has 16 nitrogen and oxygen atoms in total. The molecule has 11 aromatic rings. The molecule has 0 aliphatic carbocycles. The summed E-state index contributed by atoms with van der Waals surface area (Å²) in [5.41, 5.74) is 29.6. The van der Waals surface area contributed by atoms with Crippen LogP contribution in [0.2, 0.25) is 0 Å². The van der Waals surface area contributed by atoms with Crippen molar-refractivity contribution < 1.29 is 27.4 Å². The summed E-state index contributed by atoms with van der Waals surface area (Å²) in [6.45, 7) is 33.9. The van der Waals surface area contributed by atoms with Gasteiger partial charge in [0, 0.05) is 134 Å². The lowest BCUT2D eigenvalue weighted by Crippen LogP contribution is -2.27. The van der Waals surface area contributed by atoms with E-state index in [1.54, 1.807) is 21.4 Å². The van der Waals surface area contributed by atoms with Gasteiger partial charge >= 0.3 is 6.18 Å². The van der Waals surface area contributed by atoms with Crippen LogP contribution < -0.4 is 19.5 Å². The molecule has 1 unspecified atom stereocenters. The molecule has 21 heteroatoms. The van der Waals surface area contributed by atoms with Crippen molar-refractivity contribution in [1.29, 1.82) is 0 Å². The van der Waals surface area contributed by atoms with E-state index in [0.29, 0.717) is 23.7 Å². The number of ether oxygens (including phenoxy) is 3. The van der Waals surface area contributed by atoms with Gasteiger partial charge in [0.2, 0.25) is 0 Å². The van der Waals surface area contributed by atoms with Crippen LogP contribution in [0.3, 0.4) is 0 Å². The number of H-pyrrole nitrogens is 1. The highest BCUT2D eigenvalue weighted by Crippen LogP contribution is 2.43. The number of para-hydroxylation sites is 1. The smallest absolute Gasteiger partial charge is 0.432 e. The zero-order chi connectivity index (χ0) is 103. The van der Waals surface area contributed by atoms with E-state index in [1.807, 2.05) is 98.4 Å². The molecular formula is C126H158F3N13O3S2. The van der Waals surface area contributed by atoms with E-state index in [4.69, 9.17) is 29.2 Å². The third-order valence-electron chi connectivity index (χ3n) is 27.5. The van der Waals surface area contributed by atoms with E-state index < -0.39 is 11.9 Å². The first-order valence-corrected chi connectivity index (χ1v) is 56.6. The van der Waals surface area contributed by atoms with Crippen molar-refractivity contribution in [2.24, 2.45) is 25.0 Å². The third kappa shape index (κ3) is 34.7. The molecule has 2 N–H and O–H groups in total. The standard InChI is InChI=1S/2C26H36N2S.2C25H32N2O.C24H22F3N5O/c1-4-6-8-10-12-21-17-24(13-11-9-7-5-2)29-26(21)22-14-15-27-25(18-22)23-16-20(3)28-19-23;1-4-6-8-10-12-21-17-24(13-11-9-7-5-2)29-26(21)22-14-15-25(28-18-22)23-16-20(3)27-19-23;2*1-4-5-6-7-8-9-15-28-24-12-10-11-19(2)25(24)21-13-14-23(27-17-21)22-16-20(3)26-18-22;1-14-9-16(13-29-14)18-10-15(11-19(30-18)20-12-22(32-31-20)24(25,26)27)17-5-2-3-6-21(17)33-23-7-4-8-28-23/h2*14-18H,4-13,19H2,1-3H3;2*10-14,16-17H,4-9,15,18H2,1-3H3;2-3,5-6,9-12,23,28H,4,7-8,13H2,1H3,(H,31,32). The molecule has 0 saturated carbocycles. The van der Waals surface area contributed by atoms with E-state index in [2.05, 4.69) is 247 Å². The maximum absolute atomic E-state index is 13.1. The predicted molar refractivity (Wildman–Crippen MR) is 617 cm³/mol. The third-order valence-corrected chi connectivity index (χ3v) is 30.1. The monoisotopic (exact) mass is 2020 g/mol. The summed E-state index contributed by atoms with van der Waals surface area (Å²) in [5.74, 6) is 2.62. The molecule has 147 heavy (non-hydrogen) atoms. The van der Waals surface area contributed by atoms with Crippen LogP contribution in [-0.2, 0) is 31.9 Å². The molecule has 8 aromatic heterocycles. The number of aliphatic imine (C=N–C) groups is 5. The van der Waals surface area contributed by atoms with Crippen molar-refractivity contribution in [3.63, 3.8) is 0 Å². The minimum Gasteiger partial charge on any atom is -0.493 e. The first kappa shape index (κ1) is 112. The molecule has 3 aromatic carbocycles. The van der Waals surface area contributed by atoms with Gasteiger partial charge < -0.3 is 14.2 Å². The Bertz CT molecular complexity index is 6210. The molecule has 1 fully saturated rings. The number of nitrogens with one attached hydrogen (secondary N) is 2. The number of thiophene rings is 2. The number of allylic oxidation sites excluding steroid dienone is 5. The number of nitrogens with zero attached hydrogens (tertiary/aromatic N) is 11. The molecule has 17 rings (SSSR count). The molecule has 0 spiro atoms. The van der Waals surface area contributed by atoms with Gasteiger partial charge in [0.25, 0.3) is 0 Å². The number of hydrogen-bond donors (Lipinski definition) is 2. The number of hydrogen-bond acceptors (Lipinski definition) is 17. The van der Waals surface area contributed by atoms with Crippen molar-refractivity contribution in [2.45, 2.75) is 321 Å². The fourth-order valence-corrected chi connectivity index (χ4v) is 21.7. The van der Waals surface area contributed by atoms with E-state index in [0.717, 1.165) is 179 Å². The van der Waals surface area contributed by atoms with Gasteiger partial charge in [0.15, 0.2) is 0 Å². The van der Waals surface area contributed by atoms with Gasteiger partial charge in [-0.1, -0.05) is 237 Å². The zero-order valence-corrected chi connectivity index (χ0v) is 91.5. The number of aryl methyl sites for hydroxylation is 6. The molecule has 0 amide bonds. The van der Waals surface area contributed by atoms with Gasteiger partial charge in [0.05, 0.1) is 80.1 Å². The normalized spacial score (nSPS) is 14.6. The van der Waals surface area contributed by atoms with Gasteiger partial charge in [-0.15, -0.1) is 22.7 Å². The van der Waals surface area contributed by atoms with Gasteiger partial charge in [-0.05, 0) is 281 Å². The first-order chi connectivity index (χ1) is 71.7. The van der Waals surface area contributed by atoms with Crippen molar-refractivity contribution in [3.05, 3.63) is 261 Å². The molecule has 0 bridgehead atoms. The Morgan fingerprint density at radius 1 is 0.354 bits per heavy atom. The fourth-order valence-electron chi connectivity index (χ4n) is 19.2.